The molecule has 2 fully saturated rings. The highest BCUT2D eigenvalue weighted by Gasteiger charge is 2.26. The second-order valence-electron chi connectivity index (χ2n) is 8.49. The van der Waals surface area contributed by atoms with Crippen LogP contribution in [0.25, 0.3) is 0 Å². The lowest BCUT2D eigenvalue weighted by molar-refractivity contribution is -0.00812. The van der Waals surface area contributed by atoms with Gasteiger partial charge in [0, 0.05) is 50.9 Å². The van der Waals surface area contributed by atoms with Crippen molar-refractivity contribution < 1.29 is 4.74 Å². The van der Waals surface area contributed by atoms with Crippen molar-refractivity contribution in [2.75, 3.05) is 46.4 Å². The first-order valence-electron chi connectivity index (χ1n) is 11.4. The van der Waals surface area contributed by atoms with Crippen LogP contribution in [0, 0.1) is 5.92 Å². The lowest BCUT2D eigenvalue weighted by Crippen LogP contribution is -2.49. The topological polar surface area (TPSA) is 70.8 Å². The zero-order valence-corrected chi connectivity index (χ0v) is 19.8. The van der Waals surface area contributed by atoms with E-state index in [0.717, 1.165) is 57.2 Å². The number of hydrogen-bond acceptors (Lipinski definition) is 6. The molecule has 1 N–H and O–H groups in total. The Labute approximate surface area is 189 Å². The highest BCUT2D eigenvalue weighted by Crippen LogP contribution is 2.22. The molecule has 4 rings (SSSR count). The van der Waals surface area contributed by atoms with E-state index in [4.69, 9.17) is 9.72 Å². The molecule has 0 bridgehead atoms. The number of thiazole rings is 1. The van der Waals surface area contributed by atoms with Crippen LogP contribution in [0.2, 0.25) is 0 Å². The van der Waals surface area contributed by atoms with Gasteiger partial charge in [0.25, 0.3) is 0 Å². The molecule has 31 heavy (non-hydrogen) atoms. The van der Waals surface area contributed by atoms with Gasteiger partial charge >= 0.3 is 0 Å². The van der Waals surface area contributed by atoms with Gasteiger partial charge in [0.05, 0.1) is 30.1 Å². The fourth-order valence-corrected chi connectivity index (χ4v) is 5.12. The fraction of sp³-hybridized carbons (Fsp3) is 0.682. The van der Waals surface area contributed by atoms with Crippen molar-refractivity contribution in [2.45, 2.75) is 38.8 Å². The van der Waals surface area contributed by atoms with Crippen LogP contribution >= 0.6 is 11.3 Å². The molecule has 9 heteroatoms. The summed E-state index contributed by atoms with van der Waals surface area (Å²) in [5.74, 6) is 1.67. The largest absolute Gasteiger partial charge is 0.370 e. The third-order valence-corrected chi connectivity index (χ3v) is 7.26. The van der Waals surface area contributed by atoms with Crippen molar-refractivity contribution in [1.29, 1.82) is 0 Å². The molecule has 0 aliphatic carbocycles. The minimum absolute atomic E-state index is 0.0446. The smallest absolute Gasteiger partial charge is 0.193 e. The van der Waals surface area contributed by atoms with Gasteiger partial charge in [0.1, 0.15) is 6.10 Å². The summed E-state index contributed by atoms with van der Waals surface area (Å²) in [5.41, 5.74) is 2.36. The Kier molecular flexibility index (Phi) is 7.58. The number of ether oxygens (including phenoxy) is 1. The maximum absolute atomic E-state index is 5.98. The average Bonchev–Trinajstić information content (AvgIpc) is 3.44. The molecule has 4 heterocycles. The molecule has 0 radical (unpaired) electrons. The molecule has 1 atom stereocenters. The van der Waals surface area contributed by atoms with Crippen molar-refractivity contribution >= 4 is 17.3 Å². The van der Waals surface area contributed by atoms with E-state index < -0.39 is 0 Å². The van der Waals surface area contributed by atoms with Crippen LogP contribution in [-0.4, -0.2) is 76.9 Å². The molecule has 0 saturated carbocycles. The van der Waals surface area contributed by atoms with E-state index in [1.54, 1.807) is 11.3 Å². The number of likely N-dealkylation sites (tertiary alicyclic amines) is 1. The van der Waals surface area contributed by atoms with Crippen LogP contribution in [0.15, 0.2) is 22.8 Å². The van der Waals surface area contributed by atoms with E-state index in [1.165, 1.54) is 23.5 Å². The summed E-state index contributed by atoms with van der Waals surface area (Å²) < 4.78 is 7.81. The Morgan fingerprint density at radius 1 is 1.32 bits per heavy atom. The van der Waals surface area contributed by atoms with Gasteiger partial charge in [-0.2, -0.15) is 5.10 Å². The van der Waals surface area contributed by atoms with Gasteiger partial charge < -0.3 is 15.0 Å². The Morgan fingerprint density at radius 3 is 2.84 bits per heavy atom. The first kappa shape index (κ1) is 22.2. The van der Waals surface area contributed by atoms with Crippen molar-refractivity contribution in [3.05, 3.63) is 34.0 Å². The Hall–Kier alpha value is -1.97. The standard InChI is InChI=1S/C22H35N7OS/c1-4-21-26-19(16-31-21)14-28-7-5-17(6-8-28)11-24-22(23-2)29-9-10-30-20(15-29)18-12-25-27(3)13-18/h12-13,16-17,20H,4-11,14-15H2,1-3H3,(H,23,24). The van der Waals surface area contributed by atoms with Crippen molar-refractivity contribution in [1.82, 2.24) is 29.9 Å². The second kappa shape index (κ2) is 10.6. The molecule has 170 valence electrons. The molecule has 0 amide bonds. The van der Waals surface area contributed by atoms with Crippen LogP contribution in [0.4, 0.5) is 0 Å². The quantitative estimate of drug-likeness (QED) is 0.544. The number of morpholine rings is 1. The Balaban J connectivity index is 1.22. The van der Waals surface area contributed by atoms with Crippen LogP contribution < -0.4 is 5.32 Å². The number of guanidine groups is 1. The zero-order valence-electron chi connectivity index (χ0n) is 19.0. The third kappa shape index (κ3) is 5.84. The predicted molar refractivity (Wildman–Crippen MR) is 124 cm³/mol. The lowest BCUT2D eigenvalue weighted by Gasteiger charge is -2.36. The van der Waals surface area contributed by atoms with Crippen LogP contribution in [-0.2, 0) is 24.8 Å². The summed E-state index contributed by atoms with van der Waals surface area (Å²) in [6.07, 6.45) is 7.45. The van der Waals surface area contributed by atoms with Gasteiger partial charge in [0.2, 0.25) is 0 Å². The summed E-state index contributed by atoms with van der Waals surface area (Å²) >= 11 is 1.79. The van der Waals surface area contributed by atoms with Gasteiger partial charge in [-0.05, 0) is 38.3 Å². The monoisotopic (exact) mass is 445 g/mol. The first-order chi connectivity index (χ1) is 15.1. The highest BCUT2D eigenvalue weighted by molar-refractivity contribution is 7.09. The summed E-state index contributed by atoms with van der Waals surface area (Å²) in [4.78, 5) is 14.1. The Bertz CT molecular complexity index is 856. The summed E-state index contributed by atoms with van der Waals surface area (Å²) in [5, 5.41) is 11.4. The van der Waals surface area contributed by atoms with Crippen LogP contribution in [0.1, 0.15) is 42.1 Å². The molecule has 2 saturated heterocycles. The van der Waals surface area contributed by atoms with Crippen LogP contribution in [0.3, 0.4) is 0 Å². The Morgan fingerprint density at radius 2 is 2.16 bits per heavy atom. The molecule has 8 nitrogen and oxygen atoms in total. The zero-order chi connectivity index (χ0) is 21.6. The molecule has 2 aliphatic heterocycles. The van der Waals surface area contributed by atoms with E-state index in [-0.39, 0.29) is 6.10 Å². The normalized spacial score (nSPS) is 21.6. The van der Waals surface area contributed by atoms with Crippen molar-refractivity contribution in [3.8, 4) is 0 Å². The minimum atomic E-state index is 0.0446. The van der Waals surface area contributed by atoms with Gasteiger partial charge in [-0.3, -0.25) is 14.6 Å². The molecule has 2 aliphatic rings. The number of hydrogen-bond donors (Lipinski definition) is 1. The summed E-state index contributed by atoms with van der Waals surface area (Å²) in [7, 11) is 3.81. The van der Waals surface area contributed by atoms with Gasteiger partial charge in [0.15, 0.2) is 5.96 Å². The van der Waals surface area contributed by atoms with Gasteiger partial charge in [-0.1, -0.05) is 6.92 Å². The molecule has 2 aromatic heterocycles. The van der Waals surface area contributed by atoms with Crippen LogP contribution in [0.5, 0.6) is 0 Å². The van der Waals surface area contributed by atoms with Crippen molar-refractivity contribution in [2.24, 2.45) is 18.0 Å². The lowest BCUT2D eigenvalue weighted by atomic mass is 9.97. The maximum Gasteiger partial charge on any atom is 0.193 e. The van der Waals surface area contributed by atoms with E-state index in [1.807, 2.05) is 31.2 Å². The molecule has 0 aromatic carbocycles. The number of piperidine rings is 1. The maximum atomic E-state index is 5.98. The van der Waals surface area contributed by atoms with Gasteiger partial charge in [-0.15, -0.1) is 11.3 Å². The van der Waals surface area contributed by atoms with E-state index in [0.29, 0.717) is 12.5 Å². The second-order valence-corrected chi connectivity index (χ2v) is 9.43. The van der Waals surface area contributed by atoms with E-state index in [9.17, 15) is 0 Å². The molecule has 0 spiro atoms. The fourth-order valence-electron chi connectivity index (χ4n) is 4.38. The minimum Gasteiger partial charge on any atom is -0.370 e. The number of aliphatic imine (C=N–C) groups is 1. The molecular formula is C22H35N7OS. The third-order valence-electron chi connectivity index (χ3n) is 6.22. The number of nitrogens with zero attached hydrogens (tertiary/aromatic N) is 6. The summed E-state index contributed by atoms with van der Waals surface area (Å²) in [6, 6.07) is 0. The highest BCUT2D eigenvalue weighted by atomic mass is 32.1. The average molecular weight is 446 g/mol. The number of nitrogens with one attached hydrogen (secondary N) is 1. The van der Waals surface area contributed by atoms with Gasteiger partial charge in [-0.25, -0.2) is 4.98 Å². The SMILES string of the molecule is CCc1nc(CN2CCC(CNC(=NC)N3CCOC(c4cnn(C)c4)C3)CC2)cs1. The molecule has 2 aromatic rings. The van der Waals surface area contributed by atoms with Crippen molar-refractivity contribution in [3.63, 3.8) is 0 Å². The number of aromatic nitrogens is 3. The van der Waals surface area contributed by atoms with E-state index >= 15 is 0 Å². The molecular weight excluding hydrogens is 410 g/mol. The van der Waals surface area contributed by atoms with E-state index in [2.05, 4.69) is 37.5 Å². The summed E-state index contributed by atoms with van der Waals surface area (Å²) in [6.45, 7) is 8.79. The number of aryl methyl sites for hydroxylation is 2. The predicted octanol–water partition coefficient (Wildman–Crippen LogP) is 2.30. The molecule has 1 unspecified atom stereocenters. The number of rotatable bonds is 6. The first-order valence-corrected chi connectivity index (χ1v) is 12.2.